The molecule has 3 aromatic rings. The molecule has 4 heteroatoms. The number of hydrogen-bond acceptors (Lipinski definition) is 3. The molecule has 0 fully saturated rings. The maximum Gasteiger partial charge on any atom is 0.0830 e. The van der Waals surface area contributed by atoms with Crippen LogP contribution >= 0.6 is 11.3 Å². The Balaban J connectivity index is 1.60. The van der Waals surface area contributed by atoms with Gasteiger partial charge in [-0.3, -0.25) is 0 Å². The summed E-state index contributed by atoms with van der Waals surface area (Å²) < 4.78 is 1.90. The largest absolute Gasteiger partial charge is 0.248 e. The molecule has 0 saturated heterocycles. The Morgan fingerprint density at radius 2 is 1.89 bits per heavy atom. The Morgan fingerprint density at radius 3 is 2.68 bits per heavy atom. The summed E-state index contributed by atoms with van der Waals surface area (Å²) in [6.45, 7) is 0.785. The summed E-state index contributed by atoms with van der Waals surface area (Å²) in [4.78, 5) is 1.40. The first-order valence-corrected chi connectivity index (χ1v) is 7.23. The summed E-state index contributed by atoms with van der Waals surface area (Å²) >= 11 is 1.80. The third kappa shape index (κ3) is 3.29. The molecule has 1 aromatic carbocycles. The summed E-state index contributed by atoms with van der Waals surface area (Å²) in [7, 11) is 0. The highest BCUT2D eigenvalue weighted by Crippen LogP contribution is 2.11. The van der Waals surface area contributed by atoms with Crippen molar-refractivity contribution in [3.63, 3.8) is 0 Å². The average Bonchev–Trinajstić information content (AvgIpc) is 3.09. The van der Waals surface area contributed by atoms with Gasteiger partial charge in [0.15, 0.2) is 0 Å². The summed E-state index contributed by atoms with van der Waals surface area (Å²) in [5.41, 5.74) is 2.31. The SMILES string of the molecule is c1ccc(Cn2cc(CCc3cccs3)nn2)cc1. The summed E-state index contributed by atoms with van der Waals surface area (Å²) in [6.07, 6.45) is 4.04. The van der Waals surface area contributed by atoms with E-state index in [-0.39, 0.29) is 0 Å². The predicted molar refractivity (Wildman–Crippen MR) is 77.3 cm³/mol. The minimum atomic E-state index is 0.785. The van der Waals surface area contributed by atoms with E-state index in [1.165, 1.54) is 10.4 Å². The maximum absolute atomic E-state index is 4.23. The van der Waals surface area contributed by atoms with Crippen LogP contribution in [-0.4, -0.2) is 15.0 Å². The molecule has 3 nitrogen and oxygen atoms in total. The second-order valence-electron chi connectivity index (χ2n) is 4.47. The van der Waals surface area contributed by atoms with E-state index in [0.717, 1.165) is 25.1 Å². The zero-order chi connectivity index (χ0) is 12.9. The van der Waals surface area contributed by atoms with Crippen molar-refractivity contribution in [2.24, 2.45) is 0 Å². The van der Waals surface area contributed by atoms with Gasteiger partial charge < -0.3 is 0 Å². The molecule has 0 bridgehead atoms. The quantitative estimate of drug-likeness (QED) is 0.712. The van der Waals surface area contributed by atoms with E-state index in [9.17, 15) is 0 Å². The minimum Gasteiger partial charge on any atom is -0.248 e. The third-order valence-corrected chi connectivity index (χ3v) is 3.92. The molecule has 0 aliphatic heterocycles. The van der Waals surface area contributed by atoms with E-state index < -0.39 is 0 Å². The van der Waals surface area contributed by atoms with Gasteiger partial charge in [0.25, 0.3) is 0 Å². The first-order chi connectivity index (χ1) is 9.40. The van der Waals surface area contributed by atoms with Crippen molar-refractivity contribution in [2.45, 2.75) is 19.4 Å². The van der Waals surface area contributed by atoms with E-state index in [2.05, 4.69) is 40.0 Å². The number of aromatic nitrogens is 3. The van der Waals surface area contributed by atoms with Crippen LogP contribution in [0.2, 0.25) is 0 Å². The molecule has 3 rings (SSSR count). The number of aryl methyl sites for hydroxylation is 2. The number of benzene rings is 1. The Labute approximate surface area is 116 Å². The normalized spacial score (nSPS) is 10.7. The molecule has 0 radical (unpaired) electrons. The van der Waals surface area contributed by atoms with Crippen LogP contribution < -0.4 is 0 Å². The van der Waals surface area contributed by atoms with Gasteiger partial charge in [0.1, 0.15) is 0 Å². The second kappa shape index (κ2) is 5.80. The van der Waals surface area contributed by atoms with Crippen molar-refractivity contribution in [3.05, 3.63) is 70.2 Å². The maximum atomic E-state index is 4.23. The number of rotatable bonds is 5. The molecule has 0 aliphatic rings. The topological polar surface area (TPSA) is 30.7 Å². The lowest BCUT2D eigenvalue weighted by Gasteiger charge is -1.99. The molecule has 0 amide bonds. The van der Waals surface area contributed by atoms with Crippen molar-refractivity contribution >= 4 is 11.3 Å². The molecule has 0 atom stereocenters. The van der Waals surface area contributed by atoms with E-state index >= 15 is 0 Å². The summed E-state index contributed by atoms with van der Waals surface area (Å²) in [6, 6.07) is 14.6. The van der Waals surface area contributed by atoms with Crippen molar-refractivity contribution in [1.29, 1.82) is 0 Å². The van der Waals surface area contributed by atoms with Crippen molar-refractivity contribution < 1.29 is 0 Å². The molecule has 0 saturated carbocycles. The van der Waals surface area contributed by atoms with Crippen LogP contribution in [0, 0.1) is 0 Å². The third-order valence-electron chi connectivity index (χ3n) is 2.98. The lowest BCUT2D eigenvalue weighted by molar-refractivity contribution is 0.649. The molecule has 96 valence electrons. The molecule has 0 aliphatic carbocycles. The highest BCUT2D eigenvalue weighted by atomic mass is 32.1. The van der Waals surface area contributed by atoms with E-state index in [1.807, 2.05) is 29.1 Å². The number of hydrogen-bond donors (Lipinski definition) is 0. The van der Waals surface area contributed by atoms with E-state index in [4.69, 9.17) is 0 Å². The fraction of sp³-hybridized carbons (Fsp3) is 0.200. The molecule has 0 unspecified atom stereocenters. The van der Waals surface area contributed by atoms with E-state index in [1.54, 1.807) is 11.3 Å². The van der Waals surface area contributed by atoms with Gasteiger partial charge in [-0.2, -0.15) is 0 Å². The predicted octanol–water partition coefficient (Wildman–Crippen LogP) is 3.17. The molecular formula is C15H15N3S. The van der Waals surface area contributed by atoms with Crippen LogP contribution in [0.3, 0.4) is 0 Å². The summed E-state index contributed by atoms with van der Waals surface area (Å²) in [5, 5.41) is 10.5. The Bertz CT molecular complexity index is 614. The van der Waals surface area contributed by atoms with Crippen LogP contribution in [0.4, 0.5) is 0 Å². The highest BCUT2D eigenvalue weighted by molar-refractivity contribution is 7.09. The van der Waals surface area contributed by atoms with Crippen LogP contribution in [0.1, 0.15) is 16.1 Å². The van der Waals surface area contributed by atoms with E-state index in [0.29, 0.717) is 0 Å². The lowest BCUT2D eigenvalue weighted by atomic mass is 10.2. The summed E-state index contributed by atoms with van der Waals surface area (Å²) in [5.74, 6) is 0. The monoisotopic (exact) mass is 269 g/mol. The molecule has 2 aromatic heterocycles. The van der Waals surface area contributed by atoms with Crippen molar-refractivity contribution in [2.75, 3.05) is 0 Å². The first kappa shape index (κ1) is 12.1. The smallest absolute Gasteiger partial charge is 0.0830 e. The number of thiophene rings is 1. The average molecular weight is 269 g/mol. The molecule has 19 heavy (non-hydrogen) atoms. The van der Waals surface area contributed by atoms with Crippen LogP contribution in [0.25, 0.3) is 0 Å². The number of nitrogens with zero attached hydrogens (tertiary/aromatic N) is 3. The minimum absolute atomic E-state index is 0.785. The van der Waals surface area contributed by atoms with Gasteiger partial charge in [0.05, 0.1) is 12.2 Å². The van der Waals surface area contributed by atoms with Gasteiger partial charge in [-0.15, -0.1) is 16.4 Å². The van der Waals surface area contributed by atoms with Gasteiger partial charge in [0.2, 0.25) is 0 Å². The zero-order valence-electron chi connectivity index (χ0n) is 10.6. The second-order valence-corrected chi connectivity index (χ2v) is 5.50. The van der Waals surface area contributed by atoms with Gasteiger partial charge in [-0.25, -0.2) is 4.68 Å². The van der Waals surface area contributed by atoms with Gasteiger partial charge in [-0.1, -0.05) is 41.6 Å². The zero-order valence-corrected chi connectivity index (χ0v) is 11.4. The fourth-order valence-electron chi connectivity index (χ4n) is 2.01. The Kier molecular flexibility index (Phi) is 3.70. The van der Waals surface area contributed by atoms with Crippen LogP contribution in [0.15, 0.2) is 54.0 Å². The van der Waals surface area contributed by atoms with Crippen LogP contribution in [-0.2, 0) is 19.4 Å². The molecular weight excluding hydrogens is 254 g/mol. The standard InChI is InChI=1S/C15H15N3S/c1-2-5-13(6-3-1)11-18-12-14(16-17-18)8-9-15-7-4-10-19-15/h1-7,10,12H,8-9,11H2. The van der Waals surface area contributed by atoms with Gasteiger partial charge >= 0.3 is 0 Å². The van der Waals surface area contributed by atoms with Crippen molar-refractivity contribution in [1.82, 2.24) is 15.0 Å². The van der Waals surface area contributed by atoms with Crippen LogP contribution in [0.5, 0.6) is 0 Å². The highest BCUT2D eigenvalue weighted by Gasteiger charge is 2.02. The van der Waals surface area contributed by atoms with Crippen molar-refractivity contribution in [3.8, 4) is 0 Å². The first-order valence-electron chi connectivity index (χ1n) is 6.35. The lowest BCUT2D eigenvalue weighted by Crippen LogP contribution is -1.99. The Hall–Kier alpha value is -1.94. The molecule has 2 heterocycles. The molecule has 0 N–H and O–H groups in total. The Morgan fingerprint density at radius 1 is 1.00 bits per heavy atom. The van der Waals surface area contributed by atoms with Gasteiger partial charge in [-0.05, 0) is 29.9 Å². The molecule has 0 spiro atoms. The fourth-order valence-corrected chi connectivity index (χ4v) is 2.72. The van der Waals surface area contributed by atoms with Gasteiger partial charge in [0, 0.05) is 11.1 Å².